The molecule has 0 aliphatic carbocycles. The Morgan fingerprint density at radius 2 is 2.00 bits per heavy atom. The number of carbonyl (C=O) groups is 2. The van der Waals surface area contributed by atoms with Crippen molar-refractivity contribution in [3.05, 3.63) is 42.0 Å². The summed E-state index contributed by atoms with van der Waals surface area (Å²) < 4.78 is 4.99. The average molecular weight is 274 g/mol. The average Bonchev–Trinajstić information content (AvgIpc) is 2.63. The van der Waals surface area contributed by atoms with Gasteiger partial charge in [-0.15, -0.1) is 0 Å². The molecular formula is C15H18N2O3. The molecule has 0 spiro atoms. The second-order valence-corrected chi connectivity index (χ2v) is 4.92. The molecule has 5 heteroatoms. The molecule has 1 aromatic carbocycles. The van der Waals surface area contributed by atoms with E-state index >= 15 is 0 Å². The summed E-state index contributed by atoms with van der Waals surface area (Å²) in [6.07, 6.45) is 3.68. The van der Waals surface area contributed by atoms with E-state index < -0.39 is 5.54 Å². The normalized spacial score (nSPS) is 22.6. The molecule has 1 fully saturated rings. The second kappa shape index (κ2) is 5.88. The zero-order valence-electron chi connectivity index (χ0n) is 11.6. The van der Waals surface area contributed by atoms with Gasteiger partial charge in [0.05, 0.1) is 6.61 Å². The molecule has 0 saturated carbocycles. The largest absolute Gasteiger partial charge is 0.382 e. The molecule has 1 atom stereocenters. The van der Waals surface area contributed by atoms with Gasteiger partial charge >= 0.3 is 6.03 Å². The van der Waals surface area contributed by atoms with Gasteiger partial charge in [0.1, 0.15) is 5.54 Å². The van der Waals surface area contributed by atoms with Gasteiger partial charge in [-0.3, -0.25) is 9.69 Å². The molecule has 106 valence electrons. The molecule has 1 unspecified atom stereocenters. The third-order valence-corrected chi connectivity index (χ3v) is 3.18. The molecule has 0 bridgehead atoms. The summed E-state index contributed by atoms with van der Waals surface area (Å²) in [6.45, 7) is 2.08. The molecule has 0 aromatic heterocycles. The quantitative estimate of drug-likeness (QED) is 0.831. The maximum absolute atomic E-state index is 12.2. The summed E-state index contributed by atoms with van der Waals surface area (Å²) in [5.74, 6) is -0.262. The minimum Gasteiger partial charge on any atom is -0.382 e. The first-order valence-corrected chi connectivity index (χ1v) is 6.41. The first-order valence-electron chi connectivity index (χ1n) is 6.41. The van der Waals surface area contributed by atoms with Crippen LogP contribution in [0.25, 0.3) is 6.08 Å². The second-order valence-electron chi connectivity index (χ2n) is 4.92. The van der Waals surface area contributed by atoms with E-state index in [9.17, 15) is 9.59 Å². The van der Waals surface area contributed by atoms with Crippen molar-refractivity contribution in [2.45, 2.75) is 12.5 Å². The molecule has 3 amide bonds. The summed E-state index contributed by atoms with van der Waals surface area (Å²) in [4.78, 5) is 25.2. The van der Waals surface area contributed by atoms with Gasteiger partial charge in [-0.2, -0.15) is 0 Å². The number of methoxy groups -OCH3 is 1. The molecule has 1 N–H and O–H groups in total. The number of ether oxygens (including phenoxy) is 1. The number of amides is 3. The van der Waals surface area contributed by atoms with Crippen LogP contribution in [0.3, 0.4) is 0 Å². The van der Waals surface area contributed by atoms with E-state index in [4.69, 9.17) is 4.74 Å². The molecule has 0 radical (unpaired) electrons. The molecule has 1 heterocycles. The number of urea groups is 1. The number of carbonyl (C=O) groups excluding carboxylic acids is 2. The smallest absolute Gasteiger partial charge is 0.325 e. The van der Waals surface area contributed by atoms with Crippen molar-refractivity contribution in [2.24, 2.45) is 0 Å². The summed E-state index contributed by atoms with van der Waals surface area (Å²) in [7, 11) is 1.50. The monoisotopic (exact) mass is 274 g/mol. The van der Waals surface area contributed by atoms with Crippen molar-refractivity contribution in [1.82, 2.24) is 10.2 Å². The van der Waals surface area contributed by atoms with Crippen LogP contribution < -0.4 is 5.32 Å². The number of rotatable bonds is 5. The van der Waals surface area contributed by atoms with Gasteiger partial charge < -0.3 is 10.1 Å². The van der Waals surface area contributed by atoms with Gasteiger partial charge in [0, 0.05) is 13.7 Å². The van der Waals surface area contributed by atoms with Crippen molar-refractivity contribution in [3.63, 3.8) is 0 Å². The van der Waals surface area contributed by atoms with Crippen LogP contribution in [0.15, 0.2) is 36.4 Å². The van der Waals surface area contributed by atoms with E-state index in [1.165, 1.54) is 12.0 Å². The van der Waals surface area contributed by atoms with Crippen LogP contribution in [0.4, 0.5) is 4.79 Å². The molecular weight excluding hydrogens is 256 g/mol. The zero-order chi connectivity index (χ0) is 14.6. The van der Waals surface area contributed by atoms with E-state index in [1.54, 1.807) is 13.0 Å². The Bertz CT molecular complexity index is 527. The van der Waals surface area contributed by atoms with Gasteiger partial charge in [0.25, 0.3) is 5.91 Å². The minimum absolute atomic E-state index is 0.163. The van der Waals surface area contributed by atoms with E-state index in [0.29, 0.717) is 0 Å². The Balaban J connectivity index is 2.02. The third-order valence-electron chi connectivity index (χ3n) is 3.18. The molecule has 1 aliphatic heterocycles. The fourth-order valence-corrected chi connectivity index (χ4v) is 2.16. The van der Waals surface area contributed by atoms with Crippen molar-refractivity contribution in [1.29, 1.82) is 0 Å². The predicted molar refractivity (Wildman–Crippen MR) is 76.0 cm³/mol. The Morgan fingerprint density at radius 3 is 2.65 bits per heavy atom. The molecule has 20 heavy (non-hydrogen) atoms. The van der Waals surface area contributed by atoms with Crippen LogP contribution in [0.2, 0.25) is 0 Å². The summed E-state index contributed by atoms with van der Waals surface area (Å²) in [5, 5.41) is 2.66. The topological polar surface area (TPSA) is 58.6 Å². The van der Waals surface area contributed by atoms with E-state index in [-0.39, 0.29) is 25.1 Å². The van der Waals surface area contributed by atoms with Gasteiger partial charge in [-0.05, 0) is 12.5 Å². The number of imide groups is 1. The van der Waals surface area contributed by atoms with Crippen molar-refractivity contribution in [2.75, 3.05) is 20.3 Å². The lowest BCUT2D eigenvalue weighted by molar-refractivity contribution is -0.132. The number of benzene rings is 1. The van der Waals surface area contributed by atoms with Crippen LogP contribution >= 0.6 is 0 Å². The van der Waals surface area contributed by atoms with Crippen LogP contribution in [-0.2, 0) is 9.53 Å². The lowest BCUT2D eigenvalue weighted by atomic mass is 10.0. The van der Waals surface area contributed by atoms with Crippen LogP contribution in [0.1, 0.15) is 12.5 Å². The van der Waals surface area contributed by atoms with Crippen LogP contribution in [0, 0.1) is 0 Å². The maximum Gasteiger partial charge on any atom is 0.325 e. The molecule has 1 aromatic rings. The molecule has 2 rings (SSSR count). The summed E-state index contributed by atoms with van der Waals surface area (Å²) in [6, 6.07) is 9.33. The van der Waals surface area contributed by atoms with E-state index in [0.717, 1.165) is 5.56 Å². The van der Waals surface area contributed by atoms with Gasteiger partial charge in [0.15, 0.2) is 0 Å². The lowest BCUT2D eigenvalue weighted by Gasteiger charge is -2.19. The first kappa shape index (κ1) is 14.3. The highest BCUT2D eigenvalue weighted by Crippen LogP contribution is 2.17. The first-order chi connectivity index (χ1) is 9.57. The standard InChI is InChI=1S/C15H18N2O3/c1-15(11-20-2)13(18)17(14(19)16-15)10-6-9-12-7-4-3-5-8-12/h3-9H,10-11H2,1-2H3,(H,16,19). The number of nitrogens with one attached hydrogen (secondary N) is 1. The SMILES string of the molecule is COCC1(C)NC(=O)N(CC=Cc2ccccc2)C1=O. The predicted octanol–water partition coefficient (Wildman–Crippen LogP) is 1.66. The van der Waals surface area contributed by atoms with Crippen LogP contribution in [-0.4, -0.2) is 42.6 Å². The minimum atomic E-state index is -0.966. The highest BCUT2D eigenvalue weighted by molar-refractivity contribution is 6.07. The Hall–Kier alpha value is -2.14. The van der Waals surface area contributed by atoms with Gasteiger partial charge in [-0.25, -0.2) is 4.79 Å². The van der Waals surface area contributed by atoms with E-state index in [1.807, 2.05) is 36.4 Å². The van der Waals surface area contributed by atoms with Crippen molar-refractivity contribution >= 4 is 18.0 Å². The fraction of sp³-hybridized carbons (Fsp3) is 0.333. The maximum atomic E-state index is 12.2. The van der Waals surface area contributed by atoms with Gasteiger partial charge in [-0.1, -0.05) is 42.5 Å². The number of hydrogen-bond acceptors (Lipinski definition) is 3. The van der Waals surface area contributed by atoms with Gasteiger partial charge in [0.2, 0.25) is 0 Å². The summed E-state index contributed by atoms with van der Waals surface area (Å²) in [5.41, 5.74) is 0.0612. The number of hydrogen-bond donors (Lipinski definition) is 1. The van der Waals surface area contributed by atoms with Crippen molar-refractivity contribution in [3.8, 4) is 0 Å². The Kier molecular flexibility index (Phi) is 4.20. The third kappa shape index (κ3) is 2.88. The summed E-state index contributed by atoms with van der Waals surface area (Å²) >= 11 is 0. The fourth-order valence-electron chi connectivity index (χ4n) is 2.16. The molecule has 1 aliphatic rings. The van der Waals surface area contributed by atoms with Crippen LogP contribution in [0.5, 0.6) is 0 Å². The highest BCUT2D eigenvalue weighted by Gasteiger charge is 2.47. The Morgan fingerprint density at radius 1 is 1.30 bits per heavy atom. The highest BCUT2D eigenvalue weighted by atomic mass is 16.5. The Labute approximate surface area is 118 Å². The number of nitrogens with zero attached hydrogens (tertiary/aromatic N) is 1. The van der Waals surface area contributed by atoms with Crippen molar-refractivity contribution < 1.29 is 14.3 Å². The molecule has 5 nitrogen and oxygen atoms in total. The lowest BCUT2D eigenvalue weighted by Crippen LogP contribution is -2.47. The van der Waals surface area contributed by atoms with E-state index in [2.05, 4.69) is 5.32 Å². The zero-order valence-corrected chi connectivity index (χ0v) is 11.6. The molecule has 1 saturated heterocycles.